The molecule has 1 heterocycles. The van der Waals surface area contributed by atoms with Gasteiger partial charge >= 0.3 is 0 Å². The molecule has 0 radical (unpaired) electrons. The minimum absolute atomic E-state index is 0.397. The minimum Gasteiger partial charge on any atom is -0.379 e. The van der Waals surface area contributed by atoms with Gasteiger partial charge in [-0.05, 0) is 75.8 Å². The summed E-state index contributed by atoms with van der Waals surface area (Å²) >= 11 is 0. The lowest BCUT2D eigenvalue weighted by Crippen LogP contribution is -2.15. The van der Waals surface area contributed by atoms with Crippen LogP contribution in [0.3, 0.4) is 0 Å². The number of benzene rings is 1. The molecule has 182 valence electrons. The molecule has 0 saturated heterocycles. The van der Waals surface area contributed by atoms with Crippen molar-refractivity contribution in [1.82, 2.24) is 9.97 Å². The number of ether oxygens (including phenoxy) is 1. The molecule has 33 heavy (non-hydrogen) atoms. The van der Waals surface area contributed by atoms with Crippen molar-refractivity contribution >= 4 is 0 Å². The van der Waals surface area contributed by atoms with Crippen LogP contribution in [-0.2, 0) is 11.2 Å². The van der Waals surface area contributed by atoms with Crippen molar-refractivity contribution in [1.29, 1.82) is 0 Å². The Kier molecular flexibility index (Phi) is 11.4. The summed E-state index contributed by atoms with van der Waals surface area (Å²) < 4.78 is 5.61. The van der Waals surface area contributed by atoms with E-state index in [1.807, 2.05) is 12.4 Å². The normalized spacial score (nSPS) is 19.5. The predicted molar refractivity (Wildman–Crippen MR) is 140 cm³/mol. The van der Waals surface area contributed by atoms with Crippen LogP contribution >= 0.6 is 0 Å². The molecule has 1 saturated carbocycles. The molecule has 3 heteroatoms. The molecule has 1 aliphatic carbocycles. The fourth-order valence-corrected chi connectivity index (χ4v) is 5.26. The van der Waals surface area contributed by atoms with Gasteiger partial charge in [0.15, 0.2) is 0 Å². The molecule has 2 aromatic rings. The van der Waals surface area contributed by atoms with Crippen LogP contribution in [-0.4, -0.2) is 22.7 Å². The number of hydrogen-bond acceptors (Lipinski definition) is 3. The highest BCUT2D eigenvalue weighted by atomic mass is 16.5. The third-order valence-corrected chi connectivity index (χ3v) is 7.41. The summed E-state index contributed by atoms with van der Waals surface area (Å²) in [5.74, 6) is 2.55. The van der Waals surface area contributed by atoms with E-state index in [-0.39, 0.29) is 0 Å². The van der Waals surface area contributed by atoms with Gasteiger partial charge in [-0.3, -0.25) is 0 Å². The van der Waals surface area contributed by atoms with Crippen LogP contribution in [0, 0.1) is 5.92 Å². The molecule has 0 aliphatic heterocycles. The van der Waals surface area contributed by atoms with E-state index < -0.39 is 0 Å². The van der Waals surface area contributed by atoms with Crippen molar-refractivity contribution in [3.05, 3.63) is 48.0 Å². The van der Waals surface area contributed by atoms with E-state index >= 15 is 0 Å². The van der Waals surface area contributed by atoms with E-state index in [0.29, 0.717) is 12.0 Å². The Morgan fingerprint density at radius 2 is 1.58 bits per heavy atom. The molecule has 0 spiro atoms. The maximum absolute atomic E-state index is 5.61. The minimum atomic E-state index is 0.397. The molecule has 1 atom stereocenters. The van der Waals surface area contributed by atoms with E-state index in [0.717, 1.165) is 30.3 Å². The standard InChI is InChI=1S/C30H46N2O/c1-4-6-8-12-25-16-20-28(21-17-25)30-31-22-29(23-32-30)27-18-14-26(15-19-27)13-10-7-9-11-24(3)33-5-2/h14-15,18-19,22-25,28H,4-13,16-17,20-21H2,1-3H3. The van der Waals surface area contributed by atoms with Crippen molar-refractivity contribution in [2.24, 2.45) is 5.92 Å². The monoisotopic (exact) mass is 450 g/mol. The average Bonchev–Trinajstić information content (AvgIpc) is 2.85. The summed E-state index contributed by atoms with van der Waals surface area (Å²) in [6.07, 6.45) is 21.3. The molecule has 1 aromatic heterocycles. The van der Waals surface area contributed by atoms with Gasteiger partial charge in [0, 0.05) is 30.5 Å². The van der Waals surface area contributed by atoms with Gasteiger partial charge in [0.1, 0.15) is 5.82 Å². The SMILES string of the molecule is CCCCCC1CCC(c2ncc(-c3ccc(CCCCCC(C)OCC)cc3)cn2)CC1. The fraction of sp³-hybridized carbons (Fsp3) is 0.667. The fourth-order valence-electron chi connectivity index (χ4n) is 5.26. The average molecular weight is 451 g/mol. The molecule has 1 fully saturated rings. The molecule has 3 rings (SSSR count). The molecule has 0 bridgehead atoms. The van der Waals surface area contributed by atoms with Crippen molar-refractivity contribution in [3.63, 3.8) is 0 Å². The number of rotatable bonds is 14. The van der Waals surface area contributed by atoms with Gasteiger partial charge in [-0.25, -0.2) is 9.97 Å². The molecular formula is C30H46N2O. The Labute approximate surface area is 202 Å². The first-order chi connectivity index (χ1) is 16.2. The van der Waals surface area contributed by atoms with Gasteiger partial charge in [0.2, 0.25) is 0 Å². The first-order valence-corrected chi connectivity index (χ1v) is 13.7. The largest absolute Gasteiger partial charge is 0.379 e. The second-order valence-electron chi connectivity index (χ2n) is 10.1. The molecule has 1 aromatic carbocycles. The Hall–Kier alpha value is -1.74. The maximum Gasteiger partial charge on any atom is 0.131 e. The number of hydrogen-bond donors (Lipinski definition) is 0. The quantitative estimate of drug-likeness (QED) is 0.270. The molecule has 0 amide bonds. The van der Waals surface area contributed by atoms with Crippen LogP contribution in [0.2, 0.25) is 0 Å². The Balaban J connectivity index is 1.41. The highest BCUT2D eigenvalue weighted by molar-refractivity contribution is 5.61. The van der Waals surface area contributed by atoms with Gasteiger partial charge in [0.25, 0.3) is 0 Å². The lowest BCUT2D eigenvalue weighted by Gasteiger charge is -2.27. The van der Waals surface area contributed by atoms with Gasteiger partial charge in [-0.15, -0.1) is 0 Å². The molecule has 3 nitrogen and oxygen atoms in total. The number of aromatic nitrogens is 2. The summed E-state index contributed by atoms with van der Waals surface area (Å²) in [6, 6.07) is 9.00. The zero-order valence-corrected chi connectivity index (χ0v) is 21.4. The lowest BCUT2D eigenvalue weighted by molar-refractivity contribution is 0.0684. The predicted octanol–water partition coefficient (Wildman–Crippen LogP) is 8.53. The Morgan fingerprint density at radius 1 is 0.848 bits per heavy atom. The summed E-state index contributed by atoms with van der Waals surface area (Å²) in [5, 5.41) is 0. The number of unbranched alkanes of at least 4 members (excludes halogenated alkanes) is 4. The van der Waals surface area contributed by atoms with E-state index in [1.54, 1.807) is 0 Å². The van der Waals surface area contributed by atoms with Crippen LogP contribution in [0.4, 0.5) is 0 Å². The number of nitrogens with zero attached hydrogens (tertiary/aromatic N) is 2. The number of aryl methyl sites for hydroxylation is 1. The molecular weight excluding hydrogens is 404 g/mol. The summed E-state index contributed by atoms with van der Waals surface area (Å²) in [5.41, 5.74) is 3.77. The summed E-state index contributed by atoms with van der Waals surface area (Å²) in [7, 11) is 0. The zero-order chi connectivity index (χ0) is 23.3. The van der Waals surface area contributed by atoms with Gasteiger partial charge in [0.05, 0.1) is 6.10 Å². The van der Waals surface area contributed by atoms with E-state index in [9.17, 15) is 0 Å². The zero-order valence-electron chi connectivity index (χ0n) is 21.4. The van der Waals surface area contributed by atoms with Gasteiger partial charge in [-0.1, -0.05) is 69.7 Å². The summed E-state index contributed by atoms with van der Waals surface area (Å²) in [4.78, 5) is 9.56. The van der Waals surface area contributed by atoms with E-state index in [1.165, 1.54) is 88.2 Å². The second kappa shape index (κ2) is 14.5. The molecule has 1 aliphatic rings. The van der Waals surface area contributed by atoms with Crippen molar-refractivity contribution in [2.75, 3.05) is 6.61 Å². The Morgan fingerprint density at radius 3 is 2.24 bits per heavy atom. The topological polar surface area (TPSA) is 35.0 Å². The highest BCUT2D eigenvalue weighted by Crippen LogP contribution is 2.36. The van der Waals surface area contributed by atoms with Crippen LogP contribution in [0.1, 0.15) is 115 Å². The van der Waals surface area contributed by atoms with Gasteiger partial charge < -0.3 is 4.74 Å². The van der Waals surface area contributed by atoms with Crippen LogP contribution in [0.15, 0.2) is 36.7 Å². The van der Waals surface area contributed by atoms with E-state index in [2.05, 4.69) is 45.0 Å². The maximum atomic E-state index is 5.61. The first kappa shape index (κ1) is 25.9. The third-order valence-electron chi connectivity index (χ3n) is 7.41. The molecule has 0 N–H and O–H groups in total. The van der Waals surface area contributed by atoms with Crippen molar-refractivity contribution < 1.29 is 4.74 Å². The van der Waals surface area contributed by atoms with Crippen LogP contribution in [0.25, 0.3) is 11.1 Å². The van der Waals surface area contributed by atoms with Crippen molar-refractivity contribution in [2.45, 2.75) is 116 Å². The van der Waals surface area contributed by atoms with Crippen molar-refractivity contribution in [3.8, 4) is 11.1 Å². The van der Waals surface area contributed by atoms with Crippen LogP contribution < -0.4 is 0 Å². The lowest BCUT2D eigenvalue weighted by atomic mass is 9.79. The second-order valence-corrected chi connectivity index (χ2v) is 10.1. The first-order valence-electron chi connectivity index (χ1n) is 13.7. The van der Waals surface area contributed by atoms with Crippen LogP contribution in [0.5, 0.6) is 0 Å². The smallest absolute Gasteiger partial charge is 0.131 e. The molecule has 1 unspecified atom stereocenters. The Bertz CT molecular complexity index is 763. The van der Waals surface area contributed by atoms with E-state index in [4.69, 9.17) is 14.7 Å². The van der Waals surface area contributed by atoms with Gasteiger partial charge in [-0.2, -0.15) is 0 Å². The summed E-state index contributed by atoms with van der Waals surface area (Å²) in [6.45, 7) is 7.36. The third kappa shape index (κ3) is 8.85. The highest BCUT2D eigenvalue weighted by Gasteiger charge is 2.23.